The molecule has 0 aliphatic rings. The van der Waals surface area contributed by atoms with Crippen LogP contribution in [0.4, 0.5) is 15.9 Å². The van der Waals surface area contributed by atoms with Crippen LogP contribution in [0.5, 0.6) is 0 Å². The molecule has 1 N–H and O–H groups in total. The molecule has 0 radical (unpaired) electrons. The van der Waals surface area contributed by atoms with Crippen molar-refractivity contribution < 1.29 is 4.39 Å². The van der Waals surface area contributed by atoms with Crippen molar-refractivity contribution in [2.75, 3.05) is 5.32 Å². The van der Waals surface area contributed by atoms with E-state index in [1.54, 1.807) is 6.07 Å². The highest BCUT2D eigenvalue weighted by molar-refractivity contribution is 6.31. The number of nitrogens with one attached hydrogen (secondary N) is 1. The van der Waals surface area contributed by atoms with Crippen molar-refractivity contribution in [2.24, 2.45) is 0 Å². The zero-order valence-corrected chi connectivity index (χ0v) is 11.3. The van der Waals surface area contributed by atoms with Gasteiger partial charge in [0.1, 0.15) is 17.4 Å². The number of aromatic nitrogens is 4. The number of benzene rings is 1. The lowest BCUT2D eigenvalue weighted by Gasteiger charge is -2.09. The van der Waals surface area contributed by atoms with Gasteiger partial charge in [-0.3, -0.25) is 0 Å². The lowest BCUT2D eigenvalue weighted by atomic mass is 10.3. The number of hydrogen-bond acceptors (Lipinski definition) is 5. The van der Waals surface area contributed by atoms with Crippen molar-refractivity contribution in [1.29, 1.82) is 0 Å². The third-order valence-electron chi connectivity index (χ3n) is 2.55. The highest BCUT2D eigenvalue weighted by Crippen LogP contribution is 2.27. The number of nitrogens with zero attached hydrogens (tertiary/aromatic N) is 4. The van der Waals surface area contributed by atoms with Crippen LogP contribution >= 0.6 is 23.2 Å². The van der Waals surface area contributed by atoms with Crippen molar-refractivity contribution in [3.05, 3.63) is 46.8 Å². The Hall–Kier alpha value is -2.05. The Morgan fingerprint density at radius 2 is 1.95 bits per heavy atom. The number of anilines is 2. The van der Waals surface area contributed by atoms with Crippen molar-refractivity contribution in [3.8, 4) is 0 Å². The molecule has 2 aromatic heterocycles. The van der Waals surface area contributed by atoms with Crippen LogP contribution in [-0.4, -0.2) is 19.9 Å². The largest absolute Gasteiger partial charge is 0.336 e. The van der Waals surface area contributed by atoms with Gasteiger partial charge in [0.05, 0.1) is 16.9 Å². The fourth-order valence-electron chi connectivity index (χ4n) is 1.65. The average Bonchev–Trinajstić information content (AvgIpc) is 2.44. The van der Waals surface area contributed by atoms with Gasteiger partial charge in [0.15, 0.2) is 11.6 Å². The van der Waals surface area contributed by atoms with Gasteiger partial charge in [-0.15, -0.1) is 0 Å². The number of rotatable bonds is 2. The molecule has 0 unspecified atom stereocenters. The molecular formula is C12H6Cl2FN5. The van der Waals surface area contributed by atoms with Gasteiger partial charge in [-0.25, -0.2) is 24.3 Å². The van der Waals surface area contributed by atoms with Gasteiger partial charge < -0.3 is 5.32 Å². The summed E-state index contributed by atoms with van der Waals surface area (Å²) < 4.78 is 13.9. The number of hydrogen-bond donors (Lipinski definition) is 1. The molecule has 0 spiro atoms. The number of halogens is 3. The van der Waals surface area contributed by atoms with Crippen LogP contribution in [-0.2, 0) is 0 Å². The van der Waals surface area contributed by atoms with Crippen molar-refractivity contribution >= 4 is 45.7 Å². The summed E-state index contributed by atoms with van der Waals surface area (Å²) in [5.41, 5.74) is 1.08. The molecule has 0 saturated carbocycles. The zero-order chi connectivity index (χ0) is 14.1. The molecule has 0 fully saturated rings. The maximum atomic E-state index is 13.9. The summed E-state index contributed by atoms with van der Waals surface area (Å²) in [7, 11) is 0. The van der Waals surface area contributed by atoms with E-state index in [0.29, 0.717) is 16.9 Å². The van der Waals surface area contributed by atoms with E-state index in [2.05, 4.69) is 25.3 Å². The molecule has 8 heteroatoms. The molecule has 100 valence electrons. The Balaban J connectivity index is 2.11. The first kappa shape index (κ1) is 13.0. The molecule has 3 aromatic rings. The molecule has 0 saturated heterocycles. The molecule has 5 nitrogen and oxygen atoms in total. The molecule has 0 amide bonds. The van der Waals surface area contributed by atoms with E-state index in [1.165, 1.54) is 24.7 Å². The van der Waals surface area contributed by atoms with Crippen LogP contribution < -0.4 is 5.32 Å². The van der Waals surface area contributed by atoms with Crippen LogP contribution in [0.25, 0.3) is 11.0 Å². The van der Waals surface area contributed by atoms with Gasteiger partial charge in [0.2, 0.25) is 5.28 Å². The van der Waals surface area contributed by atoms with Crippen LogP contribution in [0.1, 0.15) is 0 Å². The van der Waals surface area contributed by atoms with Gasteiger partial charge in [0, 0.05) is 0 Å². The van der Waals surface area contributed by atoms with Crippen LogP contribution in [0.2, 0.25) is 10.3 Å². The maximum absolute atomic E-state index is 13.9. The van der Waals surface area contributed by atoms with E-state index in [9.17, 15) is 4.39 Å². The predicted molar refractivity (Wildman–Crippen MR) is 74.8 cm³/mol. The van der Waals surface area contributed by atoms with E-state index in [-0.39, 0.29) is 16.0 Å². The second-order valence-electron chi connectivity index (χ2n) is 3.82. The molecule has 0 bridgehead atoms. The Morgan fingerprint density at radius 1 is 1.10 bits per heavy atom. The van der Waals surface area contributed by atoms with Gasteiger partial charge in [-0.05, 0) is 23.7 Å². The lowest BCUT2D eigenvalue weighted by molar-refractivity contribution is 0.632. The Bertz CT molecular complexity index is 796. The first-order chi connectivity index (χ1) is 9.65. The molecule has 2 heterocycles. The van der Waals surface area contributed by atoms with Crippen LogP contribution in [0.3, 0.4) is 0 Å². The van der Waals surface area contributed by atoms with E-state index >= 15 is 0 Å². The van der Waals surface area contributed by atoms with E-state index < -0.39 is 5.82 Å². The minimum atomic E-state index is -0.568. The van der Waals surface area contributed by atoms with Crippen molar-refractivity contribution in [1.82, 2.24) is 19.9 Å². The van der Waals surface area contributed by atoms with Gasteiger partial charge >= 0.3 is 0 Å². The summed E-state index contributed by atoms with van der Waals surface area (Å²) in [6.45, 7) is 0. The number of fused-ring (bicyclic) bond motifs is 1. The van der Waals surface area contributed by atoms with Crippen LogP contribution in [0.15, 0.2) is 30.7 Å². The van der Waals surface area contributed by atoms with E-state index in [4.69, 9.17) is 23.2 Å². The normalized spacial score (nSPS) is 10.8. The lowest BCUT2D eigenvalue weighted by Crippen LogP contribution is -2.00. The quantitative estimate of drug-likeness (QED) is 0.733. The third kappa shape index (κ3) is 2.35. The first-order valence-electron chi connectivity index (χ1n) is 5.49. The maximum Gasteiger partial charge on any atom is 0.223 e. The molecular weight excluding hydrogens is 304 g/mol. The van der Waals surface area contributed by atoms with E-state index in [0.717, 1.165) is 0 Å². The van der Waals surface area contributed by atoms with E-state index in [1.807, 2.05) is 0 Å². The summed E-state index contributed by atoms with van der Waals surface area (Å²) in [6.07, 6.45) is 2.79. The molecule has 1 aromatic carbocycles. The zero-order valence-electron chi connectivity index (χ0n) is 9.81. The monoisotopic (exact) mass is 309 g/mol. The summed E-state index contributed by atoms with van der Waals surface area (Å²) in [5, 5.41) is 2.90. The highest BCUT2D eigenvalue weighted by atomic mass is 35.5. The van der Waals surface area contributed by atoms with Gasteiger partial charge in [-0.1, -0.05) is 17.7 Å². The summed E-state index contributed by atoms with van der Waals surface area (Å²) in [4.78, 5) is 15.9. The fourth-order valence-corrected chi connectivity index (χ4v) is 1.96. The van der Waals surface area contributed by atoms with Crippen molar-refractivity contribution in [3.63, 3.8) is 0 Å². The second-order valence-corrected chi connectivity index (χ2v) is 4.57. The van der Waals surface area contributed by atoms with Crippen molar-refractivity contribution in [2.45, 2.75) is 0 Å². The summed E-state index contributed by atoms with van der Waals surface area (Å²) in [5.74, 6) is -0.249. The Kier molecular flexibility index (Phi) is 3.33. The molecule has 20 heavy (non-hydrogen) atoms. The minimum Gasteiger partial charge on any atom is -0.336 e. The predicted octanol–water partition coefficient (Wildman–Crippen LogP) is 3.61. The second kappa shape index (κ2) is 5.15. The Morgan fingerprint density at radius 3 is 2.80 bits per heavy atom. The third-order valence-corrected chi connectivity index (χ3v) is 3.03. The molecule has 0 aliphatic heterocycles. The average molecular weight is 310 g/mol. The smallest absolute Gasteiger partial charge is 0.223 e. The SMILES string of the molecule is Fc1c(Cl)cccc1Nc1ncnc2cnc(Cl)nc12. The minimum absolute atomic E-state index is 0.0148. The van der Waals surface area contributed by atoms with Crippen LogP contribution in [0, 0.1) is 5.82 Å². The molecule has 3 rings (SSSR count). The Labute approximate surface area is 122 Å². The fraction of sp³-hybridized carbons (Fsp3) is 0. The topological polar surface area (TPSA) is 63.6 Å². The first-order valence-corrected chi connectivity index (χ1v) is 6.25. The standard InChI is InChI=1S/C12H6Cl2FN5/c13-6-2-1-3-7(9(6)15)19-11-10-8(17-5-18-11)4-16-12(14)20-10/h1-5H,(H,17,18,19). The van der Waals surface area contributed by atoms with Gasteiger partial charge in [0.25, 0.3) is 0 Å². The highest BCUT2D eigenvalue weighted by Gasteiger charge is 2.11. The summed E-state index contributed by atoms with van der Waals surface area (Å²) >= 11 is 11.5. The summed E-state index contributed by atoms with van der Waals surface area (Å²) in [6, 6.07) is 4.62. The van der Waals surface area contributed by atoms with Gasteiger partial charge in [-0.2, -0.15) is 0 Å². The molecule has 0 aliphatic carbocycles. The molecule has 0 atom stereocenters.